The summed E-state index contributed by atoms with van der Waals surface area (Å²) in [6.07, 6.45) is 0. The Balaban J connectivity index is 3.08. The number of hydrogen-bond acceptors (Lipinski definition) is 2. The van der Waals surface area contributed by atoms with Crippen LogP contribution in [0.2, 0.25) is 0 Å². The van der Waals surface area contributed by atoms with Crippen LogP contribution in [-0.2, 0) is 15.8 Å². The highest BCUT2D eigenvalue weighted by Gasteiger charge is 2.26. The van der Waals surface area contributed by atoms with Crippen molar-refractivity contribution in [3.05, 3.63) is 29.8 Å². The highest BCUT2D eigenvalue weighted by Crippen LogP contribution is 2.26. The van der Waals surface area contributed by atoms with Gasteiger partial charge >= 0.3 is 0 Å². The lowest BCUT2D eigenvalue weighted by molar-refractivity contribution is 0.523. The molecule has 1 atom stereocenters. The third-order valence-corrected chi connectivity index (χ3v) is 3.15. The second kappa shape index (κ2) is 3.47. The molecule has 0 aliphatic rings. The Bertz CT molecular complexity index is 319. The molecule has 13 heavy (non-hydrogen) atoms. The van der Waals surface area contributed by atoms with E-state index in [0.717, 1.165) is 5.56 Å². The molecule has 0 fully saturated rings. The molecule has 0 saturated heterocycles. The van der Waals surface area contributed by atoms with Crippen LogP contribution >= 0.6 is 0 Å². The third-order valence-electron chi connectivity index (χ3n) is 2.04. The molecule has 1 unspecified atom stereocenters. The van der Waals surface area contributed by atoms with Crippen LogP contribution in [0.1, 0.15) is 19.4 Å². The van der Waals surface area contributed by atoms with Gasteiger partial charge in [-0.2, -0.15) is 0 Å². The lowest BCUT2D eigenvalue weighted by atomic mass is 10.0. The summed E-state index contributed by atoms with van der Waals surface area (Å²) >= 11 is -1.87. The van der Waals surface area contributed by atoms with Crippen molar-refractivity contribution in [1.82, 2.24) is 0 Å². The molecule has 0 heterocycles. The molecule has 0 saturated carbocycles. The highest BCUT2D eigenvalue weighted by molar-refractivity contribution is 7.80. The van der Waals surface area contributed by atoms with Gasteiger partial charge in [0.1, 0.15) is 0 Å². The average molecular weight is 199 g/mol. The van der Waals surface area contributed by atoms with E-state index in [1.54, 1.807) is 38.1 Å². The summed E-state index contributed by atoms with van der Waals surface area (Å²) in [6.45, 7) is 3.43. The zero-order valence-electron chi connectivity index (χ0n) is 7.65. The molecule has 0 aromatic heterocycles. The summed E-state index contributed by atoms with van der Waals surface area (Å²) in [7, 11) is 0. The van der Waals surface area contributed by atoms with E-state index in [9.17, 15) is 4.21 Å². The zero-order valence-corrected chi connectivity index (χ0v) is 8.47. The van der Waals surface area contributed by atoms with Gasteiger partial charge in [0.15, 0.2) is 11.1 Å². The molecule has 72 valence electrons. The normalized spacial score (nSPS) is 14.1. The fourth-order valence-corrected chi connectivity index (χ4v) is 1.32. The van der Waals surface area contributed by atoms with Crippen molar-refractivity contribution in [3.8, 4) is 0 Å². The quantitative estimate of drug-likeness (QED) is 0.563. The molecule has 0 spiro atoms. The van der Waals surface area contributed by atoms with Crippen LogP contribution in [-0.4, -0.2) is 8.76 Å². The first-order valence-corrected chi connectivity index (χ1v) is 5.02. The Hall–Kier alpha value is -0.870. The zero-order chi connectivity index (χ0) is 10.1. The van der Waals surface area contributed by atoms with Gasteiger partial charge < -0.3 is 10.3 Å². The second-order valence-corrected chi connectivity index (χ2v) is 4.90. The first-order valence-electron chi connectivity index (χ1n) is 3.91. The van der Waals surface area contributed by atoms with Crippen molar-refractivity contribution in [2.24, 2.45) is 0 Å². The fourth-order valence-electron chi connectivity index (χ4n) is 0.985. The van der Waals surface area contributed by atoms with Crippen molar-refractivity contribution in [3.63, 3.8) is 0 Å². The smallest absolute Gasteiger partial charge is 0.163 e. The maximum Gasteiger partial charge on any atom is 0.163 e. The van der Waals surface area contributed by atoms with Gasteiger partial charge in [-0.1, -0.05) is 12.1 Å². The SMILES string of the molecule is CC(C)(c1ccc(N)cc1)S(=O)O. The van der Waals surface area contributed by atoms with E-state index in [1.807, 2.05) is 0 Å². The molecule has 0 aliphatic heterocycles. The average Bonchev–Trinajstić information content (AvgIpc) is 2.04. The fraction of sp³-hybridized carbons (Fsp3) is 0.333. The molecule has 0 radical (unpaired) electrons. The number of rotatable bonds is 2. The summed E-state index contributed by atoms with van der Waals surface area (Å²) in [4.78, 5) is 0. The van der Waals surface area contributed by atoms with E-state index in [0.29, 0.717) is 5.69 Å². The van der Waals surface area contributed by atoms with Gasteiger partial charge in [-0.3, -0.25) is 0 Å². The number of benzene rings is 1. The van der Waals surface area contributed by atoms with Gasteiger partial charge in [0.25, 0.3) is 0 Å². The Labute approximate surface area is 80.2 Å². The van der Waals surface area contributed by atoms with Crippen molar-refractivity contribution >= 4 is 16.8 Å². The van der Waals surface area contributed by atoms with Crippen molar-refractivity contribution < 1.29 is 8.76 Å². The van der Waals surface area contributed by atoms with Gasteiger partial charge in [0.05, 0.1) is 4.75 Å². The van der Waals surface area contributed by atoms with E-state index >= 15 is 0 Å². The molecule has 0 aliphatic carbocycles. The molecule has 3 nitrogen and oxygen atoms in total. The first-order chi connectivity index (χ1) is 5.94. The Morgan fingerprint density at radius 2 is 1.77 bits per heavy atom. The molecule has 0 amide bonds. The molecule has 0 bridgehead atoms. The van der Waals surface area contributed by atoms with Crippen LogP contribution in [0.5, 0.6) is 0 Å². The maximum atomic E-state index is 11.0. The van der Waals surface area contributed by atoms with Gasteiger partial charge in [-0.25, -0.2) is 4.21 Å². The van der Waals surface area contributed by atoms with Crippen LogP contribution in [0, 0.1) is 0 Å². The molecule has 1 aromatic rings. The summed E-state index contributed by atoms with van der Waals surface area (Å²) < 4.78 is 19.3. The Morgan fingerprint density at radius 1 is 1.31 bits per heavy atom. The van der Waals surface area contributed by atoms with Crippen molar-refractivity contribution in [1.29, 1.82) is 0 Å². The third kappa shape index (κ3) is 2.08. The molecule has 3 N–H and O–H groups in total. The van der Waals surface area contributed by atoms with E-state index in [-0.39, 0.29) is 0 Å². The summed E-state index contributed by atoms with van der Waals surface area (Å²) in [5, 5.41) is 0. The minimum absolute atomic E-state index is 0.656. The van der Waals surface area contributed by atoms with Gasteiger partial charge in [0, 0.05) is 5.69 Å². The van der Waals surface area contributed by atoms with E-state index in [1.165, 1.54) is 0 Å². The topological polar surface area (TPSA) is 63.3 Å². The van der Waals surface area contributed by atoms with Crippen LogP contribution in [0.15, 0.2) is 24.3 Å². The minimum Gasteiger partial charge on any atom is -0.399 e. The predicted molar refractivity (Wildman–Crippen MR) is 54.7 cm³/mol. The standard InChI is InChI=1S/C9H13NO2S/c1-9(2,13(11)12)7-3-5-8(10)6-4-7/h3-6H,10H2,1-2H3,(H,11,12). The van der Waals surface area contributed by atoms with Crippen LogP contribution in [0.25, 0.3) is 0 Å². The van der Waals surface area contributed by atoms with Crippen molar-refractivity contribution in [2.45, 2.75) is 18.6 Å². The van der Waals surface area contributed by atoms with Crippen LogP contribution in [0.4, 0.5) is 5.69 Å². The number of anilines is 1. The lowest BCUT2D eigenvalue weighted by Gasteiger charge is -2.20. The number of hydrogen-bond donors (Lipinski definition) is 2. The molecule has 1 aromatic carbocycles. The molecular weight excluding hydrogens is 186 g/mol. The largest absolute Gasteiger partial charge is 0.399 e. The second-order valence-electron chi connectivity index (χ2n) is 3.38. The predicted octanol–water partition coefficient (Wildman–Crippen LogP) is 1.73. The minimum atomic E-state index is -1.87. The monoisotopic (exact) mass is 199 g/mol. The highest BCUT2D eigenvalue weighted by atomic mass is 32.2. The Kier molecular flexibility index (Phi) is 2.73. The molecule has 1 rings (SSSR count). The summed E-state index contributed by atoms with van der Waals surface area (Å²) in [5.74, 6) is 0. The van der Waals surface area contributed by atoms with E-state index in [2.05, 4.69) is 0 Å². The Morgan fingerprint density at radius 3 is 2.15 bits per heavy atom. The van der Waals surface area contributed by atoms with E-state index < -0.39 is 15.8 Å². The van der Waals surface area contributed by atoms with Gasteiger partial charge in [-0.05, 0) is 31.5 Å². The maximum absolute atomic E-state index is 11.0. The number of nitrogens with two attached hydrogens (primary N) is 1. The molecule has 4 heteroatoms. The van der Waals surface area contributed by atoms with Gasteiger partial charge in [0.2, 0.25) is 0 Å². The van der Waals surface area contributed by atoms with E-state index in [4.69, 9.17) is 10.3 Å². The van der Waals surface area contributed by atoms with Crippen molar-refractivity contribution in [2.75, 3.05) is 5.73 Å². The summed E-state index contributed by atoms with van der Waals surface area (Å²) in [5.41, 5.74) is 6.97. The summed E-state index contributed by atoms with van der Waals surface area (Å²) in [6, 6.07) is 6.99. The van der Waals surface area contributed by atoms with Gasteiger partial charge in [-0.15, -0.1) is 0 Å². The van der Waals surface area contributed by atoms with Crippen LogP contribution in [0.3, 0.4) is 0 Å². The molecular formula is C9H13NO2S. The number of nitrogen functional groups attached to an aromatic ring is 1. The first kappa shape index (κ1) is 10.2. The van der Waals surface area contributed by atoms with Crippen LogP contribution < -0.4 is 5.73 Å². The lowest BCUT2D eigenvalue weighted by Crippen LogP contribution is -2.22.